The number of esters is 1. The topological polar surface area (TPSA) is 44.1 Å². The second-order valence-electron chi connectivity index (χ2n) is 4.63. The number of hydrogen-bond acceptors (Lipinski definition) is 3. The fraction of sp³-hybridized carbons (Fsp3) is 0.375. The fourth-order valence-electron chi connectivity index (χ4n) is 2.39. The van der Waals surface area contributed by atoms with Crippen molar-refractivity contribution in [2.75, 3.05) is 6.61 Å². The van der Waals surface area contributed by atoms with E-state index in [4.69, 9.17) is 4.74 Å². The van der Waals surface area contributed by atoms with E-state index in [1.54, 1.807) is 19.4 Å². The van der Waals surface area contributed by atoms with Gasteiger partial charge in [0.15, 0.2) is 0 Å². The number of carbonyl (C=O) groups is 1. The standard InChI is InChI=1S/C16H20N2O2/c1-4-13-8-6-7-9-14(13)12(3)18-11-17-10-15(18)16(19)20-5-2/h6-12H,4-5H2,1-3H3. The summed E-state index contributed by atoms with van der Waals surface area (Å²) < 4.78 is 6.94. The highest BCUT2D eigenvalue weighted by Gasteiger charge is 2.19. The van der Waals surface area contributed by atoms with Gasteiger partial charge in [-0.1, -0.05) is 31.2 Å². The summed E-state index contributed by atoms with van der Waals surface area (Å²) in [5.41, 5.74) is 2.98. The Labute approximate surface area is 119 Å². The summed E-state index contributed by atoms with van der Waals surface area (Å²) in [5.74, 6) is -0.328. The van der Waals surface area contributed by atoms with Gasteiger partial charge in [-0.3, -0.25) is 0 Å². The maximum atomic E-state index is 11.9. The van der Waals surface area contributed by atoms with E-state index < -0.39 is 0 Å². The maximum absolute atomic E-state index is 11.9. The van der Waals surface area contributed by atoms with Gasteiger partial charge in [-0.25, -0.2) is 9.78 Å². The van der Waals surface area contributed by atoms with Gasteiger partial charge in [-0.05, 0) is 31.4 Å². The van der Waals surface area contributed by atoms with Crippen molar-refractivity contribution in [2.45, 2.75) is 33.2 Å². The Morgan fingerprint density at radius 3 is 2.80 bits per heavy atom. The van der Waals surface area contributed by atoms with Crippen molar-refractivity contribution in [1.82, 2.24) is 9.55 Å². The third-order valence-corrected chi connectivity index (χ3v) is 3.45. The molecule has 1 heterocycles. The summed E-state index contributed by atoms with van der Waals surface area (Å²) in [5, 5.41) is 0. The smallest absolute Gasteiger partial charge is 0.356 e. The van der Waals surface area contributed by atoms with Crippen LogP contribution >= 0.6 is 0 Å². The first-order chi connectivity index (χ1) is 9.69. The molecule has 0 aliphatic carbocycles. The second-order valence-corrected chi connectivity index (χ2v) is 4.63. The molecule has 4 heteroatoms. The number of benzene rings is 1. The predicted molar refractivity (Wildman–Crippen MR) is 77.8 cm³/mol. The number of rotatable bonds is 5. The first-order valence-corrected chi connectivity index (χ1v) is 6.95. The van der Waals surface area contributed by atoms with Crippen LogP contribution in [0.2, 0.25) is 0 Å². The summed E-state index contributed by atoms with van der Waals surface area (Å²) >= 11 is 0. The lowest BCUT2D eigenvalue weighted by molar-refractivity contribution is 0.0512. The number of aromatic nitrogens is 2. The van der Waals surface area contributed by atoms with Crippen molar-refractivity contribution in [3.63, 3.8) is 0 Å². The lowest BCUT2D eigenvalue weighted by atomic mass is 9.99. The first-order valence-electron chi connectivity index (χ1n) is 6.95. The minimum absolute atomic E-state index is 0.0491. The molecule has 0 N–H and O–H groups in total. The lowest BCUT2D eigenvalue weighted by Gasteiger charge is -2.19. The van der Waals surface area contributed by atoms with E-state index in [0.717, 1.165) is 6.42 Å². The molecule has 0 spiro atoms. The van der Waals surface area contributed by atoms with Crippen LogP contribution in [0.5, 0.6) is 0 Å². The van der Waals surface area contributed by atoms with Crippen molar-refractivity contribution >= 4 is 5.97 Å². The summed E-state index contributed by atoms with van der Waals surface area (Å²) in [6.45, 7) is 6.36. The molecule has 106 valence electrons. The van der Waals surface area contributed by atoms with Gasteiger partial charge in [0.25, 0.3) is 0 Å². The molecule has 0 aliphatic heterocycles. The van der Waals surface area contributed by atoms with E-state index in [-0.39, 0.29) is 12.0 Å². The van der Waals surface area contributed by atoms with Gasteiger partial charge < -0.3 is 9.30 Å². The highest BCUT2D eigenvalue weighted by Crippen LogP contribution is 2.23. The summed E-state index contributed by atoms with van der Waals surface area (Å²) in [6.07, 6.45) is 4.20. The third kappa shape index (κ3) is 2.74. The Morgan fingerprint density at radius 2 is 2.10 bits per heavy atom. The fourth-order valence-corrected chi connectivity index (χ4v) is 2.39. The highest BCUT2D eigenvalue weighted by atomic mass is 16.5. The number of hydrogen-bond donors (Lipinski definition) is 0. The molecule has 0 fully saturated rings. The lowest BCUT2D eigenvalue weighted by Crippen LogP contribution is -2.16. The zero-order valence-corrected chi connectivity index (χ0v) is 12.2. The number of nitrogens with zero attached hydrogens (tertiary/aromatic N) is 2. The van der Waals surface area contributed by atoms with Crippen LogP contribution in [-0.4, -0.2) is 22.1 Å². The highest BCUT2D eigenvalue weighted by molar-refractivity contribution is 5.87. The minimum Gasteiger partial charge on any atom is -0.461 e. The summed E-state index contributed by atoms with van der Waals surface area (Å²) in [4.78, 5) is 16.0. The van der Waals surface area contributed by atoms with E-state index in [0.29, 0.717) is 12.3 Å². The van der Waals surface area contributed by atoms with Crippen LogP contribution in [-0.2, 0) is 11.2 Å². The van der Waals surface area contributed by atoms with E-state index >= 15 is 0 Å². The summed E-state index contributed by atoms with van der Waals surface area (Å²) in [7, 11) is 0. The molecular formula is C16H20N2O2. The third-order valence-electron chi connectivity index (χ3n) is 3.45. The van der Waals surface area contributed by atoms with Gasteiger partial charge in [-0.2, -0.15) is 0 Å². The Bertz CT molecular complexity index is 590. The van der Waals surface area contributed by atoms with Gasteiger partial charge in [0.1, 0.15) is 5.69 Å². The zero-order chi connectivity index (χ0) is 14.5. The van der Waals surface area contributed by atoms with E-state index in [2.05, 4.69) is 31.0 Å². The summed E-state index contributed by atoms with van der Waals surface area (Å²) in [6, 6.07) is 8.32. The van der Waals surface area contributed by atoms with Crippen LogP contribution in [0.1, 0.15) is 48.4 Å². The molecule has 1 atom stereocenters. The molecule has 1 aromatic carbocycles. The van der Waals surface area contributed by atoms with Gasteiger partial charge in [0.05, 0.1) is 25.2 Å². The Kier molecular flexibility index (Phi) is 4.56. The molecule has 1 aromatic heterocycles. The normalized spacial score (nSPS) is 12.2. The monoisotopic (exact) mass is 272 g/mol. The van der Waals surface area contributed by atoms with Crippen LogP contribution in [0.15, 0.2) is 36.8 Å². The molecule has 2 rings (SSSR count). The van der Waals surface area contributed by atoms with Crippen molar-refractivity contribution < 1.29 is 9.53 Å². The van der Waals surface area contributed by atoms with Gasteiger partial charge in [0, 0.05) is 0 Å². The largest absolute Gasteiger partial charge is 0.461 e. The molecule has 0 amide bonds. The average molecular weight is 272 g/mol. The van der Waals surface area contributed by atoms with E-state index in [9.17, 15) is 4.79 Å². The molecular weight excluding hydrogens is 252 g/mol. The quantitative estimate of drug-likeness (QED) is 0.785. The SMILES string of the molecule is CCOC(=O)c1cncn1C(C)c1ccccc1CC. The molecule has 0 aliphatic rings. The van der Waals surface area contributed by atoms with Crippen molar-refractivity contribution in [3.05, 3.63) is 53.6 Å². The van der Waals surface area contributed by atoms with Gasteiger partial charge in [-0.15, -0.1) is 0 Å². The molecule has 2 aromatic rings. The minimum atomic E-state index is -0.328. The van der Waals surface area contributed by atoms with Crippen LogP contribution in [0.4, 0.5) is 0 Å². The molecule has 1 unspecified atom stereocenters. The van der Waals surface area contributed by atoms with Crippen LogP contribution in [0.3, 0.4) is 0 Å². The number of aryl methyl sites for hydroxylation is 1. The second kappa shape index (κ2) is 6.37. The first kappa shape index (κ1) is 14.3. The Balaban J connectivity index is 2.37. The predicted octanol–water partition coefficient (Wildman–Crippen LogP) is 3.23. The van der Waals surface area contributed by atoms with Crippen LogP contribution < -0.4 is 0 Å². The number of ether oxygens (including phenoxy) is 1. The molecule has 0 saturated carbocycles. The van der Waals surface area contributed by atoms with Crippen molar-refractivity contribution in [2.24, 2.45) is 0 Å². The van der Waals surface area contributed by atoms with Crippen LogP contribution in [0.25, 0.3) is 0 Å². The number of carbonyl (C=O) groups excluding carboxylic acids is 1. The molecule has 0 bridgehead atoms. The Morgan fingerprint density at radius 1 is 1.35 bits per heavy atom. The van der Waals surface area contributed by atoms with Crippen LogP contribution in [0, 0.1) is 0 Å². The average Bonchev–Trinajstić information content (AvgIpc) is 2.96. The van der Waals surface area contributed by atoms with E-state index in [1.165, 1.54) is 11.1 Å². The van der Waals surface area contributed by atoms with E-state index in [1.807, 2.05) is 16.7 Å². The molecule has 20 heavy (non-hydrogen) atoms. The number of imidazole rings is 1. The van der Waals surface area contributed by atoms with Crippen molar-refractivity contribution in [3.8, 4) is 0 Å². The van der Waals surface area contributed by atoms with Gasteiger partial charge >= 0.3 is 5.97 Å². The van der Waals surface area contributed by atoms with Gasteiger partial charge in [0.2, 0.25) is 0 Å². The maximum Gasteiger partial charge on any atom is 0.356 e. The molecule has 0 saturated heterocycles. The Hall–Kier alpha value is -2.10. The van der Waals surface area contributed by atoms with Crippen molar-refractivity contribution in [1.29, 1.82) is 0 Å². The zero-order valence-electron chi connectivity index (χ0n) is 12.2. The molecule has 0 radical (unpaired) electrons. The molecule has 4 nitrogen and oxygen atoms in total.